The molecule has 0 fully saturated rings. The van der Waals surface area contributed by atoms with E-state index in [1.165, 1.54) is 0 Å². The summed E-state index contributed by atoms with van der Waals surface area (Å²) in [4.78, 5) is 22.9. The molecule has 0 saturated heterocycles. The molecular weight excluding hydrogens is 220 g/mol. The number of amides is 1. The molecule has 2 rings (SSSR count). The lowest BCUT2D eigenvalue weighted by Gasteiger charge is -2.04. The molecule has 17 heavy (non-hydrogen) atoms. The average Bonchev–Trinajstić information content (AvgIpc) is 2.68. The average molecular weight is 234 g/mol. The Balaban J connectivity index is 2.05. The molecule has 3 N–H and O–H groups in total. The van der Waals surface area contributed by atoms with Crippen LogP contribution in [0.2, 0.25) is 0 Å². The number of anilines is 1. The second-order valence-electron chi connectivity index (χ2n) is 3.92. The number of hydrogen-bond donors (Lipinski definition) is 3. The molecule has 1 aromatic carbocycles. The number of ketones is 1. The van der Waals surface area contributed by atoms with Gasteiger partial charge < -0.3 is 15.7 Å². The molecule has 0 aliphatic carbocycles. The third-order valence-corrected chi connectivity index (χ3v) is 2.63. The van der Waals surface area contributed by atoms with Crippen molar-refractivity contribution in [1.29, 1.82) is 0 Å². The van der Waals surface area contributed by atoms with Gasteiger partial charge in [-0.3, -0.25) is 9.59 Å². The van der Waals surface area contributed by atoms with Crippen LogP contribution in [0, 0.1) is 0 Å². The minimum absolute atomic E-state index is 0.00981. The van der Waals surface area contributed by atoms with Crippen molar-refractivity contribution >= 4 is 17.4 Å². The molecule has 0 unspecified atom stereocenters. The Labute approximate surface area is 98.8 Å². The highest BCUT2D eigenvalue weighted by atomic mass is 16.3. The minimum Gasteiger partial charge on any atom is -0.395 e. The number of aliphatic hydroxyl groups excluding tert-OH is 1. The topological polar surface area (TPSA) is 78.4 Å². The lowest BCUT2D eigenvalue weighted by atomic mass is 10.1. The molecular formula is C12H14N2O3. The van der Waals surface area contributed by atoms with Crippen LogP contribution in [0.5, 0.6) is 0 Å². The fourth-order valence-electron chi connectivity index (χ4n) is 1.79. The largest absolute Gasteiger partial charge is 0.395 e. The zero-order valence-corrected chi connectivity index (χ0v) is 9.32. The second kappa shape index (κ2) is 5.07. The number of hydrogen-bond acceptors (Lipinski definition) is 4. The third-order valence-electron chi connectivity index (χ3n) is 2.63. The van der Waals surface area contributed by atoms with Gasteiger partial charge in [-0.2, -0.15) is 0 Å². The van der Waals surface area contributed by atoms with E-state index >= 15 is 0 Å². The van der Waals surface area contributed by atoms with E-state index in [9.17, 15) is 9.59 Å². The van der Waals surface area contributed by atoms with E-state index in [2.05, 4.69) is 10.6 Å². The molecule has 0 bridgehead atoms. The summed E-state index contributed by atoms with van der Waals surface area (Å²) in [7, 11) is 0. The van der Waals surface area contributed by atoms with E-state index in [0.717, 1.165) is 11.3 Å². The van der Waals surface area contributed by atoms with E-state index in [1.807, 2.05) is 0 Å². The monoisotopic (exact) mass is 234 g/mol. The Kier molecular flexibility index (Phi) is 3.51. The van der Waals surface area contributed by atoms with Crippen molar-refractivity contribution in [3.63, 3.8) is 0 Å². The van der Waals surface area contributed by atoms with Gasteiger partial charge in [0.05, 0.1) is 19.6 Å². The number of benzene rings is 1. The van der Waals surface area contributed by atoms with Crippen LogP contribution >= 0.6 is 0 Å². The predicted molar refractivity (Wildman–Crippen MR) is 63.1 cm³/mol. The molecule has 1 aliphatic heterocycles. The Bertz CT molecular complexity index is 457. The molecule has 1 amide bonds. The van der Waals surface area contributed by atoms with Crippen molar-refractivity contribution in [2.24, 2.45) is 0 Å². The third kappa shape index (κ3) is 2.69. The van der Waals surface area contributed by atoms with Gasteiger partial charge in [-0.15, -0.1) is 0 Å². The zero-order valence-electron chi connectivity index (χ0n) is 9.32. The SMILES string of the molecule is O=C1Cc2cc(C(=O)CNCCO)ccc2N1. The van der Waals surface area contributed by atoms with Crippen LogP contribution in [-0.2, 0) is 11.2 Å². The first-order chi connectivity index (χ1) is 8.20. The minimum atomic E-state index is -0.0411. The number of aliphatic hydroxyl groups is 1. The lowest BCUT2D eigenvalue weighted by molar-refractivity contribution is -0.115. The molecule has 0 atom stereocenters. The highest BCUT2D eigenvalue weighted by Crippen LogP contribution is 2.23. The summed E-state index contributed by atoms with van der Waals surface area (Å²) in [6.07, 6.45) is 0.334. The van der Waals surface area contributed by atoms with Gasteiger partial charge in [0.2, 0.25) is 5.91 Å². The van der Waals surface area contributed by atoms with Gasteiger partial charge in [0.15, 0.2) is 5.78 Å². The van der Waals surface area contributed by atoms with Crippen molar-refractivity contribution < 1.29 is 14.7 Å². The molecule has 1 heterocycles. The van der Waals surface area contributed by atoms with E-state index in [1.54, 1.807) is 18.2 Å². The van der Waals surface area contributed by atoms with Crippen LogP contribution in [0.15, 0.2) is 18.2 Å². The van der Waals surface area contributed by atoms with Crippen molar-refractivity contribution in [3.8, 4) is 0 Å². The number of fused-ring (bicyclic) bond motifs is 1. The maximum Gasteiger partial charge on any atom is 0.228 e. The fourth-order valence-corrected chi connectivity index (χ4v) is 1.79. The summed E-state index contributed by atoms with van der Waals surface area (Å²) < 4.78 is 0. The number of carbonyl (C=O) groups is 2. The van der Waals surface area contributed by atoms with Crippen molar-refractivity contribution in [2.45, 2.75) is 6.42 Å². The van der Waals surface area contributed by atoms with E-state index < -0.39 is 0 Å². The maximum absolute atomic E-state index is 11.8. The smallest absolute Gasteiger partial charge is 0.228 e. The number of Topliss-reactive ketones (excluding diaryl/α,β-unsaturated/α-hetero) is 1. The molecule has 5 nitrogen and oxygen atoms in total. The van der Waals surface area contributed by atoms with Gasteiger partial charge in [-0.25, -0.2) is 0 Å². The second-order valence-corrected chi connectivity index (χ2v) is 3.92. The Morgan fingerprint density at radius 1 is 1.47 bits per heavy atom. The van der Waals surface area contributed by atoms with E-state index in [4.69, 9.17) is 5.11 Å². The summed E-state index contributed by atoms with van der Waals surface area (Å²) in [5.74, 6) is -0.0800. The predicted octanol–water partition coefficient (Wildman–Crippen LogP) is -0.0542. The number of carbonyl (C=O) groups excluding carboxylic acids is 2. The van der Waals surface area contributed by atoms with Crippen LogP contribution in [0.25, 0.3) is 0 Å². The first-order valence-corrected chi connectivity index (χ1v) is 5.48. The van der Waals surface area contributed by atoms with Crippen LogP contribution < -0.4 is 10.6 Å². The molecule has 1 aliphatic rings. The van der Waals surface area contributed by atoms with Crippen molar-refractivity contribution in [3.05, 3.63) is 29.3 Å². The zero-order chi connectivity index (χ0) is 12.3. The van der Waals surface area contributed by atoms with Crippen LogP contribution in [0.4, 0.5) is 5.69 Å². The first-order valence-electron chi connectivity index (χ1n) is 5.48. The van der Waals surface area contributed by atoms with Gasteiger partial charge in [0, 0.05) is 17.8 Å². The number of rotatable bonds is 5. The molecule has 0 aromatic heterocycles. The standard InChI is InChI=1S/C12H14N2O3/c15-4-3-13-7-11(16)8-1-2-10-9(5-8)6-12(17)14-10/h1-2,5,13,15H,3-4,6-7H2,(H,14,17). The molecule has 0 saturated carbocycles. The molecule has 90 valence electrons. The van der Waals surface area contributed by atoms with Gasteiger partial charge in [-0.05, 0) is 23.8 Å². The Hall–Kier alpha value is -1.72. The normalized spacial score (nSPS) is 13.4. The molecule has 0 spiro atoms. The summed E-state index contributed by atoms with van der Waals surface area (Å²) in [5, 5.41) is 14.1. The van der Waals surface area contributed by atoms with E-state index in [-0.39, 0.29) is 24.8 Å². The summed E-state index contributed by atoms with van der Waals surface area (Å²) in [5.41, 5.74) is 2.24. The Morgan fingerprint density at radius 3 is 3.06 bits per heavy atom. The van der Waals surface area contributed by atoms with Crippen LogP contribution in [0.3, 0.4) is 0 Å². The summed E-state index contributed by atoms with van der Waals surface area (Å²) >= 11 is 0. The van der Waals surface area contributed by atoms with Crippen LogP contribution in [-0.4, -0.2) is 36.5 Å². The van der Waals surface area contributed by atoms with Crippen LogP contribution in [0.1, 0.15) is 15.9 Å². The molecule has 1 aromatic rings. The van der Waals surface area contributed by atoms with E-state index in [0.29, 0.717) is 18.5 Å². The Morgan fingerprint density at radius 2 is 2.29 bits per heavy atom. The highest BCUT2D eigenvalue weighted by molar-refractivity contribution is 6.02. The molecule has 0 radical (unpaired) electrons. The van der Waals surface area contributed by atoms with Gasteiger partial charge in [-0.1, -0.05) is 0 Å². The fraction of sp³-hybridized carbons (Fsp3) is 0.333. The summed E-state index contributed by atoms with van der Waals surface area (Å²) in [6.45, 7) is 0.604. The van der Waals surface area contributed by atoms with Gasteiger partial charge in [0.25, 0.3) is 0 Å². The maximum atomic E-state index is 11.8. The van der Waals surface area contributed by atoms with Gasteiger partial charge >= 0.3 is 0 Å². The molecule has 5 heteroatoms. The lowest BCUT2D eigenvalue weighted by Crippen LogP contribution is -2.25. The quantitative estimate of drug-likeness (QED) is 0.493. The number of nitrogens with one attached hydrogen (secondary N) is 2. The van der Waals surface area contributed by atoms with Crippen molar-refractivity contribution in [2.75, 3.05) is 25.0 Å². The summed E-state index contributed by atoms with van der Waals surface area (Å²) in [6, 6.07) is 5.20. The van der Waals surface area contributed by atoms with Crippen molar-refractivity contribution in [1.82, 2.24) is 5.32 Å². The highest BCUT2D eigenvalue weighted by Gasteiger charge is 2.18. The van der Waals surface area contributed by atoms with Gasteiger partial charge in [0.1, 0.15) is 0 Å². The first kappa shape index (κ1) is 11.8.